The van der Waals surface area contributed by atoms with Gasteiger partial charge < -0.3 is 19.9 Å². The predicted molar refractivity (Wildman–Crippen MR) is 145 cm³/mol. The van der Waals surface area contributed by atoms with Crippen LogP contribution in [0.25, 0.3) is 11.3 Å². The van der Waals surface area contributed by atoms with Gasteiger partial charge in [-0.3, -0.25) is 4.90 Å². The Morgan fingerprint density at radius 1 is 0.946 bits per heavy atom. The standard InChI is InChI=1S/C30H32FN5O/c1-21-2-6-23(7-3-21)27-19-34(18-22-4-12-26(13-5-22)35-14-16-37-17-15-35)20-28-33-29(30(32)36(27)28)24-8-10-25(31)11-9-24/h2-13,27H,14-20,32H2,1H3. The zero-order valence-electron chi connectivity index (χ0n) is 21.1. The summed E-state index contributed by atoms with van der Waals surface area (Å²) in [6, 6.07) is 24.0. The highest BCUT2D eigenvalue weighted by atomic mass is 19.1. The Bertz CT molecular complexity index is 1360. The largest absolute Gasteiger partial charge is 0.383 e. The average molecular weight is 498 g/mol. The van der Waals surface area contributed by atoms with Crippen molar-refractivity contribution in [3.05, 3.63) is 101 Å². The van der Waals surface area contributed by atoms with E-state index in [1.165, 1.54) is 34.5 Å². The van der Waals surface area contributed by atoms with Crippen molar-refractivity contribution in [2.24, 2.45) is 0 Å². The normalized spacial score (nSPS) is 18.1. The van der Waals surface area contributed by atoms with Crippen LogP contribution in [0.2, 0.25) is 0 Å². The zero-order valence-corrected chi connectivity index (χ0v) is 21.1. The van der Waals surface area contributed by atoms with Gasteiger partial charge in [0.2, 0.25) is 0 Å². The van der Waals surface area contributed by atoms with Crippen LogP contribution in [-0.2, 0) is 17.8 Å². The minimum absolute atomic E-state index is 0.0404. The minimum atomic E-state index is -0.269. The molecule has 7 heteroatoms. The molecule has 6 rings (SSSR count). The molecule has 0 spiro atoms. The Morgan fingerprint density at radius 3 is 2.35 bits per heavy atom. The van der Waals surface area contributed by atoms with Gasteiger partial charge in [0.1, 0.15) is 23.2 Å². The van der Waals surface area contributed by atoms with Gasteiger partial charge in [-0.1, -0.05) is 42.0 Å². The molecule has 1 saturated heterocycles. The van der Waals surface area contributed by atoms with Gasteiger partial charge in [0.25, 0.3) is 0 Å². The van der Waals surface area contributed by atoms with Gasteiger partial charge in [-0.15, -0.1) is 0 Å². The summed E-state index contributed by atoms with van der Waals surface area (Å²) in [4.78, 5) is 9.77. The lowest BCUT2D eigenvalue weighted by Gasteiger charge is -2.35. The SMILES string of the molecule is Cc1ccc(C2CN(Cc3ccc(N4CCOCC4)cc3)Cc3nc(-c4ccc(F)cc4)c(N)n32)cc1. The Hall–Kier alpha value is -3.68. The first-order valence-electron chi connectivity index (χ1n) is 12.9. The van der Waals surface area contributed by atoms with E-state index in [9.17, 15) is 4.39 Å². The van der Waals surface area contributed by atoms with Gasteiger partial charge in [0, 0.05) is 37.4 Å². The molecule has 3 aromatic carbocycles. The fourth-order valence-electron chi connectivity index (χ4n) is 5.42. The van der Waals surface area contributed by atoms with Gasteiger partial charge in [0.15, 0.2) is 0 Å². The topological polar surface area (TPSA) is 59.6 Å². The van der Waals surface area contributed by atoms with E-state index in [1.807, 2.05) is 0 Å². The van der Waals surface area contributed by atoms with Gasteiger partial charge in [0.05, 0.1) is 25.8 Å². The van der Waals surface area contributed by atoms with Crippen molar-refractivity contribution in [2.75, 3.05) is 43.5 Å². The number of imidazole rings is 1. The zero-order chi connectivity index (χ0) is 25.4. The molecule has 1 atom stereocenters. The molecule has 0 radical (unpaired) electrons. The van der Waals surface area contributed by atoms with E-state index in [4.69, 9.17) is 15.5 Å². The first kappa shape index (κ1) is 23.7. The quantitative estimate of drug-likeness (QED) is 0.420. The smallest absolute Gasteiger partial charge is 0.132 e. The van der Waals surface area contributed by atoms with Crippen molar-refractivity contribution < 1.29 is 9.13 Å². The van der Waals surface area contributed by atoms with Crippen LogP contribution in [0.4, 0.5) is 15.9 Å². The van der Waals surface area contributed by atoms with Crippen LogP contribution >= 0.6 is 0 Å². The van der Waals surface area contributed by atoms with Crippen LogP contribution in [0.1, 0.15) is 28.6 Å². The van der Waals surface area contributed by atoms with Crippen LogP contribution in [0.3, 0.4) is 0 Å². The summed E-state index contributed by atoms with van der Waals surface area (Å²) in [5, 5.41) is 0. The number of hydrogen-bond acceptors (Lipinski definition) is 5. The lowest BCUT2D eigenvalue weighted by Crippen LogP contribution is -2.38. The summed E-state index contributed by atoms with van der Waals surface area (Å²) in [7, 11) is 0. The average Bonchev–Trinajstić information content (AvgIpc) is 3.26. The third kappa shape index (κ3) is 4.84. The van der Waals surface area contributed by atoms with E-state index in [-0.39, 0.29) is 11.9 Å². The number of aromatic nitrogens is 2. The van der Waals surface area contributed by atoms with Crippen LogP contribution < -0.4 is 10.6 Å². The lowest BCUT2D eigenvalue weighted by atomic mass is 10.0. The summed E-state index contributed by atoms with van der Waals surface area (Å²) in [6.07, 6.45) is 0. The van der Waals surface area contributed by atoms with E-state index in [0.29, 0.717) is 18.1 Å². The van der Waals surface area contributed by atoms with Crippen LogP contribution in [0.5, 0.6) is 0 Å². The first-order chi connectivity index (χ1) is 18.0. The number of benzene rings is 3. The molecule has 2 aliphatic rings. The molecule has 0 saturated carbocycles. The number of anilines is 2. The first-order valence-corrected chi connectivity index (χ1v) is 12.9. The second-order valence-corrected chi connectivity index (χ2v) is 10.0. The van der Waals surface area contributed by atoms with Crippen molar-refractivity contribution in [3.8, 4) is 11.3 Å². The Morgan fingerprint density at radius 2 is 1.65 bits per heavy atom. The van der Waals surface area contributed by atoms with Crippen LogP contribution in [-0.4, -0.2) is 47.3 Å². The van der Waals surface area contributed by atoms with Crippen molar-refractivity contribution in [1.82, 2.24) is 14.5 Å². The molecule has 1 aromatic heterocycles. The second-order valence-electron chi connectivity index (χ2n) is 10.0. The van der Waals surface area contributed by atoms with E-state index >= 15 is 0 Å². The molecule has 190 valence electrons. The number of morpholine rings is 1. The monoisotopic (exact) mass is 497 g/mol. The summed E-state index contributed by atoms with van der Waals surface area (Å²) < 4.78 is 21.2. The second kappa shape index (κ2) is 10.00. The molecule has 6 nitrogen and oxygen atoms in total. The molecule has 2 N–H and O–H groups in total. The Kier molecular flexibility index (Phi) is 6.40. The summed E-state index contributed by atoms with van der Waals surface area (Å²) in [6.45, 7) is 7.88. The van der Waals surface area contributed by atoms with E-state index in [0.717, 1.165) is 50.8 Å². The minimum Gasteiger partial charge on any atom is -0.383 e. The highest BCUT2D eigenvalue weighted by molar-refractivity contribution is 5.71. The molecule has 0 amide bonds. The molecule has 4 aromatic rings. The number of nitrogens with two attached hydrogens (primary N) is 1. The molecule has 2 aliphatic heterocycles. The summed E-state index contributed by atoms with van der Waals surface area (Å²) >= 11 is 0. The van der Waals surface area contributed by atoms with Crippen molar-refractivity contribution in [2.45, 2.75) is 26.1 Å². The van der Waals surface area contributed by atoms with E-state index < -0.39 is 0 Å². The molecular formula is C30H32FN5O. The van der Waals surface area contributed by atoms with Gasteiger partial charge in [-0.05, 0) is 54.4 Å². The van der Waals surface area contributed by atoms with E-state index in [2.05, 4.69) is 69.8 Å². The number of hydrogen-bond donors (Lipinski definition) is 1. The predicted octanol–water partition coefficient (Wildman–Crippen LogP) is 5.02. The van der Waals surface area contributed by atoms with Gasteiger partial charge >= 0.3 is 0 Å². The number of fused-ring (bicyclic) bond motifs is 1. The van der Waals surface area contributed by atoms with Gasteiger partial charge in [-0.2, -0.15) is 0 Å². The number of rotatable bonds is 5. The third-order valence-corrected chi connectivity index (χ3v) is 7.43. The van der Waals surface area contributed by atoms with Crippen LogP contribution in [0.15, 0.2) is 72.8 Å². The van der Waals surface area contributed by atoms with Crippen molar-refractivity contribution in [1.29, 1.82) is 0 Å². The molecule has 3 heterocycles. The third-order valence-electron chi connectivity index (χ3n) is 7.43. The number of halogens is 1. The maximum absolute atomic E-state index is 13.6. The maximum Gasteiger partial charge on any atom is 0.132 e. The van der Waals surface area contributed by atoms with Gasteiger partial charge in [-0.25, -0.2) is 9.37 Å². The van der Waals surface area contributed by atoms with Crippen molar-refractivity contribution >= 4 is 11.5 Å². The molecule has 0 aliphatic carbocycles. The summed E-state index contributed by atoms with van der Waals surface area (Å²) in [5.74, 6) is 1.29. The maximum atomic E-state index is 13.6. The highest BCUT2D eigenvalue weighted by Gasteiger charge is 2.31. The molecule has 0 bridgehead atoms. The molecule has 1 unspecified atom stereocenters. The molecular weight excluding hydrogens is 465 g/mol. The Labute approximate surface area is 217 Å². The lowest BCUT2D eigenvalue weighted by molar-refractivity contribution is 0.122. The number of ether oxygens (including phenoxy) is 1. The van der Waals surface area contributed by atoms with E-state index in [1.54, 1.807) is 12.1 Å². The number of aryl methyl sites for hydroxylation is 1. The summed E-state index contributed by atoms with van der Waals surface area (Å²) in [5.41, 5.74) is 13.2. The number of nitrogens with zero attached hydrogens (tertiary/aromatic N) is 4. The fourth-order valence-corrected chi connectivity index (χ4v) is 5.42. The van der Waals surface area contributed by atoms with Crippen LogP contribution in [0, 0.1) is 12.7 Å². The fraction of sp³-hybridized carbons (Fsp3) is 0.300. The molecule has 1 fully saturated rings. The highest BCUT2D eigenvalue weighted by Crippen LogP contribution is 2.36. The van der Waals surface area contributed by atoms with Crippen molar-refractivity contribution in [3.63, 3.8) is 0 Å². The molecule has 37 heavy (non-hydrogen) atoms. The number of nitrogen functional groups attached to an aromatic ring is 1. The Balaban J connectivity index is 1.30.